The molecule has 3 aromatic rings. The summed E-state index contributed by atoms with van der Waals surface area (Å²) in [6.07, 6.45) is 0. The first-order valence-corrected chi connectivity index (χ1v) is 8.28. The van der Waals surface area contributed by atoms with Gasteiger partial charge in [-0.15, -0.1) is 0 Å². The first-order valence-electron chi connectivity index (χ1n) is 6.80. The average molecular weight is 344 g/mol. The Kier molecular flexibility index (Phi) is 3.57. The number of anilines is 1. The number of hydrogen-bond acceptors (Lipinski definition) is 6. The summed E-state index contributed by atoms with van der Waals surface area (Å²) in [5.74, 6) is -0.0665. The minimum atomic E-state index is -3.94. The van der Waals surface area contributed by atoms with Crippen molar-refractivity contribution in [1.29, 1.82) is 5.26 Å². The Labute approximate surface area is 136 Å². The van der Waals surface area contributed by atoms with E-state index in [0.29, 0.717) is 16.8 Å². The molecule has 122 valence electrons. The number of nitrogens with one attached hydrogen (secondary N) is 2. The van der Waals surface area contributed by atoms with Gasteiger partial charge in [-0.25, -0.2) is 18.1 Å². The Balaban J connectivity index is 2.03. The van der Waals surface area contributed by atoms with Gasteiger partial charge in [0, 0.05) is 11.8 Å². The first kappa shape index (κ1) is 15.7. The molecular weight excluding hydrogens is 332 g/mol. The summed E-state index contributed by atoms with van der Waals surface area (Å²) < 4.78 is 28.3. The van der Waals surface area contributed by atoms with Crippen LogP contribution in [0, 0.1) is 25.2 Å². The quantitative estimate of drug-likeness (QED) is 0.719. The molecule has 9 nitrogen and oxygen atoms in total. The molecule has 10 heteroatoms. The number of benzene rings is 1. The maximum atomic E-state index is 12.5. The maximum Gasteiger partial charge on any atom is 0.274 e. The van der Waals surface area contributed by atoms with Crippen LogP contribution in [0.1, 0.15) is 16.8 Å². The minimum Gasteiger partial charge on any atom is -0.267 e. The number of aromatic nitrogens is 4. The highest BCUT2D eigenvalue weighted by Gasteiger charge is 2.19. The van der Waals surface area contributed by atoms with E-state index in [1.165, 1.54) is 24.3 Å². The van der Waals surface area contributed by atoms with Crippen molar-refractivity contribution in [2.45, 2.75) is 18.7 Å². The van der Waals surface area contributed by atoms with E-state index < -0.39 is 15.6 Å². The fourth-order valence-corrected chi connectivity index (χ4v) is 3.43. The summed E-state index contributed by atoms with van der Waals surface area (Å²) in [6.45, 7) is 3.23. The number of nitrogens with zero attached hydrogens (tertiary/aromatic N) is 4. The van der Waals surface area contributed by atoms with Crippen molar-refractivity contribution in [3.8, 4) is 6.07 Å². The average Bonchev–Trinajstić information content (AvgIpc) is 2.88. The van der Waals surface area contributed by atoms with Gasteiger partial charge >= 0.3 is 0 Å². The SMILES string of the molecule is Cc1cc(=O)n2[nH]c(NS(=O)(=O)c3ccc(C#N)cc3C)nc2n1. The minimum absolute atomic E-state index is 0.0124. The standard InChI is InChI=1S/C14H12N6O3S/c1-8-5-10(7-15)3-4-11(8)24(22,23)19-13-17-14-16-9(2)6-12(21)20(14)18-13/h3-6H,1-2H3,(H2,16,17,18,19). The van der Waals surface area contributed by atoms with Gasteiger partial charge in [0.15, 0.2) is 0 Å². The van der Waals surface area contributed by atoms with Gasteiger partial charge in [-0.05, 0) is 37.6 Å². The highest BCUT2D eigenvalue weighted by Crippen LogP contribution is 2.19. The van der Waals surface area contributed by atoms with E-state index in [9.17, 15) is 13.2 Å². The van der Waals surface area contributed by atoms with Crippen molar-refractivity contribution >= 4 is 21.7 Å². The zero-order chi connectivity index (χ0) is 17.5. The van der Waals surface area contributed by atoms with Crippen LogP contribution in [0.4, 0.5) is 5.95 Å². The lowest BCUT2D eigenvalue weighted by Gasteiger charge is -2.08. The molecule has 1 aromatic carbocycles. The Hall–Kier alpha value is -3.19. The maximum absolute atomic E-state index is 12.5. The van der Waals surface area contributed by atoms with Crippen LogP contribution >= 0.6 is 0 Å². The second-order valence-corrected chi connectivity index (χ2v) is 6.79. The third kappa shape index (κ3) is 2.72. The normalized spacial score (nSPS) is 11.4. The van der Waals surface area contributed by atoms with E-state index in [1.54, 1.807) is 13.8 Å². The van der Waals surface area contributed by atoms with Crippen molar-refractivity contribution in [2.75, 3.05) is 4.72 Å². The molecule has 0 atom stereocenters. The van der Waals surface area contributed by atoms with Gasteiger partial charge in [0.05, 0.1) is 16.5 Å². The fraction of sp³-hybridized carbons (Fsp3) is 0.143. The molecule has 0 aliphatic carbocycles. The number of fused-ring (bicyclic) bond motifs is 1. The summed E-state index contributed by atoms with van der Waals surface area (Å²) in [6, 6.07) is 7.47. The smallest absolute Gasteiger partial charge is 0.267 e. The molecule has 2 heterocycles. The Morgan fingerprint density at radius 1 is 1.25 bits per heavy atom. The lowest BCUT2D eigenvalue weighted by molar-refractivity contribution is 0.600. The van der Waals surface area contributed by atoms with Gasteiger partial charge in [-0.1, -0.05) is 0 Å². The molecule has 24 heavy (non-hydrogen) atoms. The van der Waals surface area contributed by atoms with E-state index >= 15 is 0 Å². The van der Waals surface area contributed by atoms with Crippen LogP contribution in [-0.4, -0.2) is 28.0 Å². The van der Waals surface area contributed by atoms with Crippen LogP contribution in [0.5, 0.6) is 0 Å². The number of hydrogen-bond donors (Lipinski definition) is 2. The van der Waals surface area contributed by atoms with Crippen LogP contribution in [0.3, 0.4) is 0 Å². The van der Waals surface area contributed by atoms with Gasteiger partial charge in [0.2, 0.25) is 5.95 Å². The molecular formula is C14H12N6O3S. The molecule has 0 saturated carbocycles. The number of H-pyrrole nitrogens is 1. The third-order valence-electron chi connectivity index (χ3n) is 3.28. The monoisotopic (exact) mass is 344 g/mol. The number of rotatable bonds is 3. The zero-order valence-electron chi connectivity index (χ0n) is 12.7. The van der Waals surface area contributed by atoms with Crippen LogP contribution in [-0.2, 0) is 10.0 Å². The van der Waals surface area contributed by atoms with E-state index in [4.69, 9.17) is 5.26 Å². The van der Waals surface area contributed by atoms with Gasteiger partial charge in [-0.3, -0.25) is 9.89 Å². The number of sulfonamides is 1. The van der Waals surface area contributed by atoms with Crippen LogP contribution < -0.4 is 10.3 Å². The topological polar surface area (TPSA) is 133 Å². The molecule has 0 saturated heterocycles. The van der Waals surface area contributed by atoms with E-state index in [2.05, 4.69) is 19.8 Å². The first-order chi connectivity index (χ1) is 11.3. The van der Waals surface area contributed by atoms with Gasteiger partial charge in [0.25, 0.3) is 21.4 Å². The number of aromatic amines is 1. The molecule has 0 radical (unpaired) electrons. The van der Waals surface area contributed by atoms with Crippen LogP contribution in [0.15, 0.2) is 34.0 Å². The molecule has 3 rings (SSSR count). The molecule has 2 aromatic heterocycles. The lowest BCUT2D eigenvalue weighted by Crippen LogP contribution is -2.17. The molecule has 2 N–H and O–H groups in total. The van der Waals surface area contributed by atoms with E-state index in [0.717, 1.165) is 4.52 Å². The summed E-state index contributed by atoms with van der Waals surface area (Å²) in [7, 11) is -3.94. The van der Waals surface area contributed by atoms with Gasteiger partial charge in [0.1, 0.15) is 0 Å². The summed E-state index contributed by atoms with van der Waals surface area (Å²) in [5, 5.41) is 11.4. The number of nitriles is 1. The van der Waals surface area contributed by atoms with Crippen molar-refractivity contribution in [2.24, 2.45) is 0 Å². The molecule has 0 spiro atoms. The summed E-state index contributed by atoms with van der Waals surface area (Å²) >= 11 is 0. The zero-order valence-corrected chi connectivity index (χ0v) is 13.5. The highest BCUT2D eigenvalue weighted by atomic mass is 32.2. The lowest BCUT2D eigenvalue weighted by atomic mass is 10.2. The van der Waals surface area contributed by atoms with E-state index in [1.807, 2.05) is 6.07 Å². The van der Waals surface area contributed by atoms with Crippen molar-refractivity contribution in [1.82, 2.24) is 19.6 Å². The van der Waals surface area contributed by atoms with Crippen molar-refractivity contribution in [3.63, 3.8) is 0 Å². The predicted molar refractivity (Wildman–Crippen MR) is 85.0 cm³/mol. The van der Waals surface area contributed by atoms with E-state index in [-0.39, 0.29) is 16.6 Å². The van der Waals surface area contributed by atoms with Crippen molar-refractivity contribution in [3.05, 3.63) is 51.4 Å². The molecule has 0 fully saturated rings. The second-order valence-electron chi connectivity index (χ2n) is 5.14. The summed E-state index contributed by atoms with van der Waals surface area (Å²) in [4.78, 5) is 19.8. The number of aryl methyl sites for hydroxylation is 2. The Morgan fingerprint density at radius 3 is 2.67 bits per heavy atom. The molecule has 0 unspecified atom stereocenters. The molecule has 0 aliphatic rings. The molecule has 0 aliphatic heterocycles. The molecule has 0 bridgehead atoms. The fourth-order valence-electron chi connectivity index (χ4n) is 2.24. The van der Waals surface area contributed by atoms with Crippen LogP contribution in [0.2, 0.25) is 0 Å². The van der Waals surface area contributed by atoms with Crippen LogP contribution in [0.25, 0.3) is 5.78 Å². The Morgan fingerprint density at radius 2 is 2.00 bits per heavy atom. The van der Waals surface area contributed by atoms with Crippen molar-refractivity contribution < 1.29 is 8.42 Å². The summed E-state index contributed by atoms with van der Waals surface area (Å²) in [5.41, 5.74) is 0.860. The molecule has 0 amide bonds. The predicted octanol–water partition coefficient (Wildman–Crippen LogP) is 0.707. The largest absolute Gasteiger partial charge is 0.274 e. The second kappa shape index (κ2) is 5.47. The van der Waals surface area contributed by atoms with Gasteiger partial charge < -0.3 is 0 Å². The Bertz CT molecular complexity index is 1150. The highest BCUT2D eigenvalue weighted by molar-refractivity contribution is 7.92. The third-order valence-corrected chi connectivity index (χ3v) is 4.78. The van der Waals surface area contributed by atoms with Gasteiger partial charge in [-0.2, -0.15) is 14.8 Å².